The zero-order chi connectivity index (χ0) is 10.6. The van der Waals surface area contributed by atoms with Crippen molar-refractivity contribution in [2.24, 2.45) is 10.7 Å². The standard InChI is InChI=1S/C10H15N3O2/c1-6-10(4-5-15-6)8(11)12-9(14)13(10)7-2-3-7/h6-7H,2-5H2,1H3,(H2,11,12,14). The molecule has 15 heavy (non-hydrogen) atoms. The maximum Gasteiger partial charge on any atom is 0.346 e. The first-order valence-corrected chi connectivity index (χ1v) is 5.46. The molecule has 3 rings (SSSR count). The lowest BCUT2D eigenvalue weighted by Gasteiger charge is -2.36. The largest absolute Gasteiger partial charge is 0.385 e. The maximum atomic E-state index is 11.8. The summed E-state index contributed by atoms with van der Waals surface area (Å²) in [5, 5.41) is 0. The van der Waals surface area contributed by atoms with E-state index in [1.165, 1.54) is 0 Å². The van der Waals surface area contributed by atoms with E-state index in [0.717, 1.165) is 19.3 Å². The second kappa shape index (κ2) is 2.72. The zero-order valence-corrected chi connectivity index (χ0v) is 8.77. The van der Waals surface area contributed by atoms with Crippen LogP contribution < -0.4 is 5.73 Å². The van der Waals surface area contributed by atoms with Crippen molar-refractivity contribution in [2.75, 3.05) is 6.61 Å². The number of carbonyl (C=O) groups excluding carboxylic acids is 1. The molecule has 2 unspecified atom stereocenters. The number of ether oxygens (including phenoxy) is 1. The Morgan fingerprint density at radius 1 is 1.60 bits per heavy atom. The molecule has 1 aliphatic carbocycles. The molecule has 0 aromatic heterocycles. The van der Waals surface area contributed by atoms with Crippen molar-refractivity contribution in [1.29, 1.82) is 0 Å². The van der Waals surface area contributed by atoms with Crippen LogP contribution in [-0.2, 0) is 4.74 Å². The maximum absolute atomic E-state index is 11.8. The summed E-state index contributed by atoms with van der Waals surface area (Å²) in [7, 11) is 0. The second-order valence-electron chi connectivity index (χ2n) is 4.57. The monoisotopic (exact) mass is 209 g/mol. The van der Waals surface area contributed by atoms with Gasteiger partial charge in [-0.05, 0) is 19.8 Å². The molecular formula is C10H15N3O2. The molecule has 2 fully saturated rings. The fourth-order valence-corrected chi connectivity index (χ4v) is 2.75. The summed E-state index contributed by atoms with van der Waals surface area (Å²) >= 11 is 0. The molecule has 5 nitrogen and oxygen atoms in total. The van der Waals surface area contributed by atoms with Crippen molar-refractivity contribution in [3.63, 3.8) is 0 Å². The van der Waals surface area contributed by atoms with E-state index in [0.29, 0.717) is 18.5 Å². The third kappa shape index (κ3) is 1.01. The third-order valence-electron chi connectivity index (χ3n) is 3.73. The number of urea groups is 1. The second-order valence-corrected chi connectivity index (χ2v) is 4.57. The predicted octanol–water partition coefficient (Wildman–Crippen LogP) is 0.489. The van der Waals surface area contributed by atoms with Crippen LogP contribution in [0.2, 0.25) is 0 Å². The van der Waals surface area contributed by atoms with E-state index in [1.807, 2.05) is 11.8 Å². The van der Waals surface area contributed by atoms with Gasteiger partial charge in [0.25, 0.3) is 0 Å². The minimum absolute atomic E-state index is 0.0340. The van der Waals surface area contributed by atoms with Crippen molar-refractivity contribution in [1.82, 2.24) is 4.90 Å². The molecule has 0 radical (unpaired) electrons. The quantitative estimate of drug-likeness (QED) is 0.683. The number of rotatable bonds is 1. The molecule has 82 valence electrons. The number of carbonyl (C=O) groups is 1. The average molecular weight is 209 g/mol. The molecule has 2 amide bonds. The highest BCUT2D eigenvalue weighted by molar-refractivity contribution is 6.06. The van der Waals surface area contributed by atoms with Gasteiger partial charge < -0.3 is 15.4 Å². The third-order valence-corrected chi connectivity index (χ3v) is 3.73. The molecule has 2 aliphatic heterocycles. The fraction of sp³-hybridized carbons (Fsp3) is 0.800. The Kier molecular flexibility index (Phi) is 1.66. The van der Waals surface area contributed by atoms with E-state index in [-0.39, 0.29) is 12.1 Å². The Morgan fingerprint density at radius 3 is 2.87 bits per heavy atom. The number of aliphatic imine (C=N–C) groups is 1. The molecule has 5 heteroatoms. The predicted molar refractivity (Wildman–Crippen MR) is 54.6 cm³/mol. The number of nitrogens with two attached hydrogens (primary N) is 1. The van der Waals surface area contributed by atoms with Gasteiger partial charge >= 0.3 is 6.03 Å². The molecule has 0 aromatic rings. The molecule has 3 aliphatic rings. The van der Waals surface area contributed by atoms with E-state index >= 15 is 0 Å². The first-order valence-electron chi connectivity index (χ1n) is 5.46. The van der Waals surface area contributed by atoms with Gasteiger partial charge in [0, 0.05) is 19.1 Å². The Morgan fingerprint density at radius 2 is 2.33 bits per heavy atom. The van der Waals surface area contributed by atoms with Crippen LogP contribution in [-0.4, -0.2) is 41.1 Å². The number of amidine groups is 1. The highest BCUT2D eigenvalue weighted by atomic mass is 16.5. The first-order chi connectivity index (χ1) is 7.16. The SMILES string of the molecule is CC1OCCC12C(N)=NC(=O)N2C1CC1. The lowest BCUT2D eigenvalue weighted by atomic mass is 9.89. The highest BCUT2D eigenvalue weighted by Gasteiger charge is 2.59. The van der Waals surface area contributed by atoms with Gasteiger partial charge in [0.05, 0.1) is 6.10 Å². The van der Waals surface area contributed by atoms with E-state index in [9.17, 15) is 4.79 Å². The van der Waals surface area contributed by atoms with Gasteiger partial charge in [-0.1, -0.05) is 0 Å². The molecule has 0 aromatic carbocycles. The van der Waals surface area contributed by atoms with E-state index in [2.05, 4.69) is 4.99 Å². The van der Waals surface area contributed by atoms with Crippen LogP contribution >= 0.6 is 0 Å². The molecule has 2 heterocycles. The molecular weight excluding hydrogens is 194 g/mol. The number of amides is 2. The lowest BCUT2D eigenvalue weighted by molar-refractivity contribution is 0.0661. The summed E-state index contributed by atoms with van der Waals surface area (Å²) in [4.78, 5) is 17.6. The van der Waals surface area contributed by atoms with Crippen LogP contribution in [0.25, 0.3) is 0 Å². The van der Waals surface area contributed by atoms with E-state index in [4.69, 9.17) is 10.5 Å². The van der Waals surface area contributed by atoms with Crippen LogP contribution in [0.4, 0.5) is 4.79 Å². The Bertz CT molecular complexity index is 351. The van der Waals surface area contributed by atoms with Crippen LogP contribution in [0.15, 0.2) is 4.99 Å². The molecule has 0 bridgehead atoms. The van der Waals surface area contributed by atoms with Gasteiger partial charge in [0.15, 0.2) is 0 Å². The van der Waals surface area contributed by atoms with Gasteiger partial charge in [-0.15, -0.1) is 0 Å². The minimum Gasteiger partial charge on any atom is -0.385 e. The Labute approximate surface area is 88.3 Å². The van der Waals surface area contributed by atoms with Crippen molar-refractivity contribution in [3.05, 3.63) is 0 Å². The zero-order valence-electron chi connectivity index (χ0n) is 8.77. The molecule has 2 N–H and O–H groups in total. The smallest absolute Gasteiger partial charge is 0.346 e. The minimum atomic E-state index is -0.432. The first kappa shape index (κ1) is 9.15. The van der Waals surface area contributed by atoms with Crippen molar-refractivity contribution >= 4 is 11.9 Å². The molecule has 2 atom stereocenters. The van der Waals surface area contributed by atoms with Gasteiger partial charge in [-0.25, -0.2) is 4.79 Å². The highest BCUT2D eigenvalue weighted by Crippen LogP contribution is 2.43. The summed E-state index contributed by atoms with van der Waals surface area (Å²) in [5.41, 5.74) is 5.49. The van der Waals surface area contributed by atoms with Crippen LogP contribution in [0, 0.1) is 0 Å². The van der Waals surface area contributed by atoms with Crippen molar-refractivity contribution in [3.8, 4) is 0 Å². The van der Waals surface area contributed by atoms with Crippen LogP contribution in [0.5, 0.6) is 0 Å². The molecule has 1 spiro atoms. The Hall–Kier alpha value is -1.10. The summed E-state index contributed by atoms with van der Waals surface area (Å²) in [6.45, 7) is 2.64. The van der Waals surface area contributed by atoms with Crippen molar-refractivity contribution < 1.29 is 9.53 Å². The van der Waals surface area contributed by atoms with Crippen LogP contribution in [0.3, 0.4) is 0 Å². The summed E-state index contributed by atoms with van der Waals surface area (Å²) in [6.07, 6.45) is 2.89. The van der Waals surface area contributed by atoms with E-state index < -0.39 is 5.54 Å². The number of nitrogens with zero attached hydrogens (tertiary/aromatic N) is 2. The summed E-state index contributed by atoms with van der Waals surface area (Å²) in [6, 6.07) is 0.166. The fourth-order valence-electron chi connectivity index (χ4n) is 2.75. The summed E-state index contributed by atoms with van der Waals surface area (Å²) < 4.78 is 5.56. The van der Waals surface area contributed by atoms with Crippen molar-refractivity contribution in [2.45, 2.75) is 43.9 Å². The number of hydrogen-bond donors (Lipinski definition) is 1. The van der Waals surface area contributed by atoms with Gasteiger partial charge in [-0.2, -0.15) is 4.99 Å². The van der Waals surface area contributed by atoms with Gasteiger partial charge in [0.1, 0.15) is 11.4 Å². The number of hydrogen-bond acceptors (Lipinski definition) is 3. The topological polar surface area (TPSA) is 67.9 Å². The average Bonchev–Trinajstić information content (AvgIpc) is 2.87. The normalized spacial score (nSPS) is 40.3. The lowest BCUT2D eigenvalue weighted by Crippen LogP contribution is -2.59. The molecule has 1 saturated carbocycles. The molecule has 1 saturated heterocycles. The van der Waals surface area contributed by atoms with Crippen LogP contribution in [0.1, 0.15) is 26.2 Å². The Balaban J connectivity index is 2.03. The summed E-state index contributed by atoms with van der Waals surface area (Å²) in [5.74, 6) is 0.449. The van der Waals surface area contributed by atoms with Gasteiger partial charge in [0.2, 0.25) is 0 Å². The van der Waals surface area contributed by atoms with E-state index in [1.54, 1.807) is 0 Å². The van der Waals surface area contributed by atoms with Gasteiger partial charge in [-0.3, -0.25) is 0 Å².